The molecule has 0 aliphatic rings. The molecule has 3 heteroatoms. The molecule has 0 saturated heterocycles. The van der Waals surface area contributed by atoms with Gasteiger partial charge in [0.05, 0.1) is 6.04 Å². The number of aliphatic hydroxyl groups is 1. The third-order valence-electron chi connectivity index (χ3n) is 1.25. The molecule has 0 aliphatic carbocycles. The van der Waals surface area contributed by atoms with E-state index < -0.39 is 12.6 Å². The highest BCUT2D eigenvalue weighted by molar-refractivity contribution is 5.84. The van der Waals surface area contributed by atoms with Crippen molar-refractivity contribution in [3.8, 4) is 0 Å². The van der Waals surface area contributed by atoms with Gasteiger partial charge in [-0.25, -0.2) is 0 Å². The van der Waals surface area contributed by atoms with Gasteiger partial charge in [0.25, 0.3) is 0 Å². The minimum absolute atomic E-state index is 0.115. The fourth-order valence-corrected chi connectivity index (χ4v) is 0.477. The van der Waals surface area contributed by atoms with Crippen molar-refractivity contribution in [3.63, 3.8) is 0 Å². The molecule has 0 aromatic carbocycles. The van der Waals surface area contributed by atoms with Gasteiger partial charge in [-0.1, -0.05) is 13.8 Å². The van der Waals surface area contributed by atoms with E-state index in [4.69, 9.17) is 10.8 Å². The highest BCUT2D eigenvalue weighted by Crippen LogP contribution is 1.97. The highest BCUT2D eigenvalue weighted by atomic mass is 16.3. The summed E-state index contributed by atoms with van der Waals surface area (Å²) < 4.78 is 0. The minimum Gasteiger partial charge on any atom is -0.389 e. The number of ketones is 1. The highest BCUT2D eigenvalue weighted by Gasteiger charge is 2.14. The van der Waals surface area contributed by atoms with Crippen molar-refractivity contribution >= 4 is 5.78 Å². The molecule has 0 spiro atoms. The van der Waals surface area contributed by atoms with Crippen LogP contribution in [0.25, 0.3) is 0 Å². The number of aliphatic hydroxyl groups excluding tert-OH is 1. The maximum atomic E-state index is 10.6. The number of carbonyl (C=O) groups excluding carboxylic acids is 1. The quantitative estimate of drug-likeness (QED) is 0.544. The zero-order valence-electron chi connectivity index (χ0n) is 5.79. The van der Waals surface area contributed by atoms with Crippen molar-refractivity contribution < 1.29 is 9.90 Å². The molecule has 0 heterocycles. The third kappa shape index (κ3) is 2.58. The van der Waals surface area contributed by atoms with Gasteiger partial charge in [0, 0.05) is 0 Å². The van der Waals surface area contributed by atoms with Crippen molar-refractivity contribution in [3.05, 3.63) is 0 Å². The van der Waals surface area contributed by atoms with Gasteiger partial charge in [-0.3, -0.25) is 4.79 Å². The standard InChI is InChI=1S/C6H13NO2/c1-4(2)6(7)5(9)3-8/h4,6,8H,3,7H2,1-2H3/t6-/m0/s1. The monoisotopic (exact) mass is 131 g/mol. The van der Waals surface area contributed by atoms with E-state index in [1.807, 2.05) is 13.8 Å². The van der Waals surface area contributed by atoms with Crippen LogP contribution in [0.5, 0.6) is 0 Å². The predicted molar refractivity (Wildman–Crippen MR) is 34.9 cm³/mol. The van der Waals surface area contributed by atoms with Crippen molar-refractivity contribution in [1.29, 1.82) is 0 Å². The Bertz CT molecular complexity index is 101. The number of rotatable bonds is 3. The average molecular weight is 131 g/mol. The van der Waals surface area contributed by atoms with Gasteiger partial charge in [-0.05, 0) is 5.92 Å². The zero-order valence-corrected chi connectivity index (χ0v) is 5.79. The summed E-state index contributed by atoms with van der Waals surface area (Å²) in [6, 6.07) is -0.505. The lowest BCUT2D eigenvalue weighted by Gasteiger charge is -2.11. The molecule has 3 N–H and O–H groups in total. The van der Waals surface area contributed by atoms with E-state index in [-0.39, 0.29) is 11.7 Å². The summed E-state index contributed by atoms with van der Waals surface area (Å²) in [6.07, 6.45) is 0. The maximum Gasteiger partial charge on any atom is 0.175 e. The normalized spacial score (nSPS) is 13.9. The second kappa shape index (κ2) is 3.58. The molecule has 54 valence electrons. The minimum atomic E-state index is -0.505. The van der Waals surface area contributed by atoms with Crippen LogP contribution < -0.4 is 5.73 Å². The Balaban J connectivity index is 3.72. The van der Waals surface area contributed by atoms with E-state index in [2.05, 4.69) is 0 Å². The fourth-order valence-electron chi connectivity index (χ4n) is 0.477. The predicted octanol–water partition coefficient (Wildman–Crippen LogP) is -0.469. The smallest absolute Gasteiger partial charge is 0.175 e. The molecular weight excluding hydrogens is 118 g/mol. The van der Waals surface area contributed by atoms with Gasteiger partial charge in [-0.2, -0.15) is 0 Å². The van der Waals surface area contributed by atoms with E-state index in [1.54, 1.807) is 0 Å². The third-order valence-corrected chi connectivity index (χ3v) is 1.25. The Morgan fingerprint density at radius 2 is 2.11 bits per heavy atom. The first-order valence-corrected chi connectivity index (χ1v) is 2.98. The van der Waals surface area contributed by atoms with Crippen LogP contribution >= 0.6 is 0 Å². The van der Waals surface area contributed by atoms with Crippen LogP contribution in [0.2, 0.25) is 0 Å². The van der Waals surface area contributed by atoms with Crippen LogP contribution in [-0.4, -0.2) is 23.5 Å². The molecule has 0 radical (unpaired) electrons. The zero-order chi connectivity index (χ0) is 7.44. The van der Waals surface area contributed by atoms with Gasteiger partial charge in [-0.15, -0.1) is 0 Å². The van der Waals surface area contributed by atoms with E-state index in [1.165, 1.54) is 0 Å². The van der Waals surface area contributed by atoms with Crippen LogP contribution in [0.1, 0.15) is 13.8 Å². The van der Waals surface area contributed by atoms with Crippen molar-refractivity contribution in [2.24, 2.45) is 11.7 Å². The summed E-state index contributed by atoms with van der Waals surface area (Å²) in [5.74, 6) is -0.172. The number of hydrogen-bond donors (Lipinski definition) is 2. The number of nitrogens with two attached hydrogens (primary N) is 1. The van der Waals surface area contributed by atoms with Crippen molar-refractivity contribution in [2.75, 3.05) is 6.61 Å². The van der Waals surface area contributed by atoms with Crippen molar-refractivity contribution in [2.45, 2.75) is 19.9 Å². The summed E-state index contributed by atoms with van der Waals surface area (Å²) in [7, 11) is 0. The number of hydrogen-bond acceptors (Lipinski definition) is 3. The van der Waals surface area contributed by atoms with Crippen LogP contribution in [-0.2, 0) is 4.79 Å². The van der Waals surface area contributed by atoms with E-state index in [9.17, 15) is 4.79 Å². The summed E-state index contributed by atoms with van der Waals surface area (Å²) in [6.45, 7) is 3.25. The molecule has 0 fully saturated rings. The molecule has 0 aromatic heterocycles. The SMILES string of the molecule is CC(C)[C@H](N)C(=O)CO. The molecule has 9 heavy (non-hydrogen) atoms. The second-order valence-electron chi connectivity index (χ2n) is 2.39. The van der Waals surface area contributed by atoms with E-state index in [0.29, 0.717) is 0 Å². The Hall–Kier alpha value is -0.410. The van der Waals surface area contributed by atoms with Gasteiger partial charge in [0.2, 0.25) is 0 Å². The van der Waals surface area contributed by atoms with Crippen LogP contribution in [0.15, 0.2) is 0 Å². The maximum absolute atomic E-state index is 10.6. The summed E-state index contributed by atoms with van der Waals surface area (Å²) in [5.41, 5.74) is 5.36. The average Bonchev–Trinajstić information content (AvgIpc) is 1.84. The lowest BCUT2D eigenvalue weighted by Crippen LogP contribution is -2.37. The largest absolute Gasteiger partial charge is 0.389 e. The van der Waals surface area contributed by atoms with Crippen LogP contribution in [0.3, 0.4) is 0 Å². The molecule has 3 nitrogen and oxygen atoms in total. The molecule has 0 bridgehead atoms. The first-order chi connectivity index (χ1) is 4.09. The number of Topliss-reactive ketones (excluding diaryl/α,β-unsaturated/α-hetero) is 1. The molecule has 1 atom stereocenters. The molecule has 0 aromatic rings. The lowest BCUT2D eigenvalue weighted by molar-refractivity contribution is -0.123. The molecular formula is C6H13NO2. The molecule has 0 rings (SSSR count). The Morgan fingerprint density at radius 3 is 2.22 bits per heavy atom. The Kier molecular flexibility index (Phi) is 3.42. The van der Waals surface area contributed by atoms with E-state index in [0.717, 1.165) is 0 Å². The number of carbonyl (C=O) groups is 1. The molecule has 0 unspecified atom stereocenters. The Labute approximate surface area is 54.9 Å². The first-order valence-electron chi connectivity index (χ1n) is 2.98. The Morgan fingerprint density at radius 1 is 1.67 bits per heavy atom. The molecule has 0 saturated carbocycles. The van der Waals surface area contributed by atoms with Crippen LogP contribution in [0, 0.1) is 5.92 Å². The van der Waals surface area contributed by atoms with Gasteiger partial charge >= 0.3 is 0 Å². The topological polar surface area (TPSA) is 63.3 Å². The second-order valence-corrected chi connectivity index (χ2v) is 2.39. The van der Waals surface area contributed by atoms with E-state index >= 15 is 0 Å². The van der Waals surface area contributed by atoms with Crippen LogP contribution in [0.4, 0.5) is 0 Å². The van der Waals surface area contributed by atoms with Gasteiger partial charge in [0.1, 0.15) is 6.61 Å². The summed E-state index contributed by atoms with van der Waals surface area (Å²) >= 11 is 0. The van der Waals surface area contributed by atoms with Crippen molar-refractivity contribution in [1.82, 2.24) is 0 Å². The first kappa shape index (κ1) is 8.59. The van der Waals surface area contributed by atoms with Gasteiger partial charge in [0.15, 0.2) is 5.78 Å². The lowest BCUT2D eigenvalue weighted by atomic mass is 10.0. The van der Waals surface area contributed by atoms with Gasteiger partial charge < -0.3 is 10.8 Å². The summed E-state index contributed by atoms with van der Waals surface area (Å²) in [4.78, 5) is 10.6. The fraction of sp³-hybridized carbons (Fsp3) is 0.833. The molecule has 0 amide bonds. The molecule has 0 aliphatic heterocycles. The summed E-state index contributed by atoms with van der Waals surface area (Å²) in [5, 5.41) is 8.32.